The fraction of sp³-hybridized carbons (Fsp3) is 0.0208. The first kappa shape index (κ1) is 29.3. The normalized spacial score (nSPS) is 14.7. The lowest BCUT2D eigenvalue weighted by molar-refractivity contribution is 0.781. The van der Waals surface area contributed by atoms with Crippen molar-refractivity contribution in [2.24, 2.45) is 4.99 Å². The molecule has 1 aliphatic rings. The summed E-state index contributed by atoms with van der Waals surface area (Å²) in [6, 6.07) is 61.5. The summed E-state index contributed by atoms with van der Waals surface area (Å²) in [5.41, 5.74) is 7.89. The van der Waals surface area contributed by atoms with Gasteiger partial charge in [-0.25, -0.2) is 4.99 Å². The zero-order valence-corrected chi connectivity index (χ0v) is 28.9. The Morgan fingerprint density at radius 1 is 0.500 bits per heavy atom. The number of aliphatic imine (C=N–C) groups is 1. The first-order chi connectivity index (χ1) is 25.8. The Morgan fingerprint density at radius 3 is 1.81 bits per heavy atom. The summed E-state index contributed by atoms with van der Waals surface area (Å²) in [7, 11) is 0. The summed E-state index contributed by atoms with van der Waals surface area (Å²) in [6.07, 6.45) is 2.25. The van der Waals surface area contributed by atoms with Crippen molar-refractivity contribution in [1.29, 1.82) is 0 Å². The molecule has 0 aliphatic carbocycles. The second-order valence-corrected chi connectivity index (χ2v) is 14.7. The van der Waals surface area contributed by atoms with Gasteiger partial charge in [-0.05, 0) is 69.6 Å². The lowest BCUT2D eigenvalue weighted by Gasteiger charge is -2.24. The molecule has 2 aromatic heterocycles. The van der Waals surface area contributed by atoms with E-state index in [9.17, 15) is 0 Å². The molecular formula is C48H31N3S. The van der Waals surface area contributed by atoms with Crippen molar-refractivity contribution >= 4 is 86.4 Å². The lowest BCUT2D eigenvalue weighted by atomic mass is 10.00. The minimum absolute atomic E-state index is 0.0135. The lowest BCUT2D eigenvalue weighted by Crippen LogP contribution is -2.31. The van der Waals surface area contributed by atoms with Gasteiger partial charge in [0.25, 0.3) is 0 Å². The topological polar surface area (TPSA) is 29.3 Å². The zero-order chi connectivity index (χ0) is 34.2. The number of benzene rings is 8. The molecule has 3 heterocycles. The van der Waals surface area contributed by atoms with Crippen LogP contribution in [0.3, 0.4) is 0 Å². The molecule has 11 rings (SSSR count). The van der Waals surface area contributed by atoms with Crippen molar-refractivity contribution in [1.82, 2.24) is 9.88 Å². The van der Waals surface area contributed by atoms with E-state index >= 15 is 0 Å². The van der Waals surface area contributed by atoms with Crippen LogP contribution in [0.5, 0.6) is 0 Å². The molecule has 3 nitrogen and oxygen atoms in total. The van der Waals surface area contributed by atoms with Gasteiger partial charge in [0.2, 0.25) is 0 Å². The first-order valence-corrected chi connectivity index (χ1v) is 18.6. The molecule has 1 unspecified atom stereocenters. The molecule has 0 bridgehead atoms. The van der Waals surface area contributed by atoms with Gasteiger partial charge in [0.05, 0.1) is 22.8 Å². The molecule has 52 heavy (non-hydrogen) atoms. The molecule has 0 radical (unpaired) electrons. The number of hydrogen-bond donors (Lipinski definition) is 1. The average Bonchev–Trinajstić information content (AvgIpc) is 3.77. The summed E-state index contributed by atoms with van der Waals surface area (Å²) in [5, 5.41) is 14.0. The number of aromatic nitrogens is 1. The van der Waals surface area contributed by atoms with Crippen LogP contribution in [0.15, 0.2) is 181 Å². The van der Waals surface area contributed by atoms with Crippen molar-refractivity contribution < 1.29 is 0 Å². The van der Waals surface area contributed by atoms with Crippen LogP contribution in [0, 0.1) is 0 Å². The van der Waals surface area contributed by atoms with Gasteiger partial charge in [-0.2, -0.15) is 0 Å². The predicted octanol–water partition coefficient (Wildman–Crippen LogP) is 12.6. The van der Waals surface area contributed by atoms with E-state index in [0.29, 0.717) is 0 Å². The monoisotopic (exact) mass is 681 g/mol. The molecule has 0 fully saturated rings. The van der Waals surface area contributed by atoms with Gasteiger partial charge in [0, 0.05) is 47.8 Å². The number of rotatable bonds is 4. The molecule has 0 amide bonds. The van der Waals surface area contributed by atoms with E-state index in [1.54, 1.807) is 0 Å². The molecule has 244 valence electrons. The maximum atomic E-state index is 5.28. The van der Waals surface area contributed by atoms with Crippen molar-refractivity contribution in [3.05, 3.63) is 193 Å². The largest absolute Gasteiger partial charge is 0.359 e. The van der Waals surface area contributed by atoms with Crippen LogP contribution in [0.25, 0.3) is 74.9 Å². The van der Waals surface area contributed by atoms with E-state index in [2.05, 4.69) is 186 Å². The highest BCUT2D eigenvalue weighted by Gasteiger charge is 2.21. The van der Waals surface area contributed by atoms with Crippen LogP contribution >= 0.6 is 11.3 Å². The van der Waals surface area contributed by atoms with Crippen molar-refractivity contribution in [3.8, 4) is 5.69 Å². The smallest absolute Gasteiger partial charge is 0.134 e. The average molecular weight is 682 g/mol. The van der Waals surface area contributed by atoms with Crippen molar-refractivity contribution in [2.45, 2.75) is 6.04 Å². The van der Waals surface area contributed by atoms with E-state index in [4.69, 9.17) is 4.99 Å². The minimum Gasteiger partial charge on any atom is -0.359 e. The van der Waals surface area contributed by atoms with Gasteiger partial charge in [-0.1, -0.05) is 133 Å². The van der Waals surface area contributed by atoms with E-state index in [0.717, 1.165) is 28.3 Å². The first-order valence-electron chi connectivity index (χ1n) is 17.7. The molecule has 8 aromatic carbocycles. The van der Waals surface area contributed by atoms with E-state index in [1.165, 1.54) is 69.1 Å². The van der Waals surface area contributed by atoms with Gasteiger partial charge < -0.3 is 9.88 Å². The Bertz CT molecular complexity index is 3000. The number of hydrogen-bond acceptors (Lipinski definition) is 3. The Kier molecular flexibility index (Phi) is 6.48. The third-order valence-electron chi connectivity index (χ3n) is 10.6. The second-order valence-electron chi connectivity index (χ2n) is 13.6. The zero-order valence-electron chi connectivity index (χ0n) is 28.1. The van der Waals surface area contributed by atoms with Crippen LogP contribution in [0.1, 0.15) is 22.7 Å². The highest BCUT2D eigenvalue weighted by atomic mass is 32.1. The van der Waals surface area contributed by atoms with E-state index < -0.39 is 0 Å². The highest BCUT2D eigenvalue weighted by molar-refractivity contribution is 7.25. The maximum absolute atomic E-state index is 5.28. The number of amidine groups is 1. The summed E-state index contributed by atoms with van der Waals surface area (Å²) in [4.78, 5) is 5.28. The Hall–Kier alpha value is -6.49. The number of fused-ring (bicyclic) bond motifs is 10. The predicted molar refractivity (Wildman–Crippen MR) is 222 cm³/mol. The van der Waals surface area contributed by atoms with Crippen LogP contribution < -0.4 is 5.32 Å². The minimum atomic E-state index is -0.0135. The highest BCUT2D eigenvalue weighted by Crippen LogP contribution is 2.41. The van der Waals surface area contributed by atoms with Crippen LogP contribution in [-0.4, -0.2) is 10.4 Å². The summed E-state index contributed by atoms with van der Waals surface area (Å²) < 4.78 is 5.00. The fourth-order valence-electron chi connectivity index (χ4n) is 8.17. The summed E-state index contributed by atoms with van der Waals surface area (Å²) in [6.45, 7) is 0. The van der Waals surface area contributed by atoms with Crippen LogP contribution in [-0.2, 0) is 0 Å². The van der Waals surface area contributed by atoms with Gasteiger partial charge in [-0.3, -0.25) is 0 Å². The second kappa shape index (κ2) is 11.5. The number of nitrogens with zero attached hydrogens (tertiary/aromatic N) is 2. The summed E-state index contributed by atoms with van der Waals surface area (Å²) in [5.74, 6) is 0.885. The molecule has 0 saturated carbocycles. The molecule has 10 aromatic rings. The third kappa shape index (κ3) is 4.55. The van der Waals surface area contributed by atoms with E-state index in [1.807, 2.05) is 11.3 Å². The van der Waals surface area contributed by atoms with Gasteiger partial charge >= 0.3 is 0 Å². The summed E-state index contributed by atoms with van der Waals surface area (Å²) >= 11 is 1.84. The number of nitrogens with one attached hydrogen (secondary N) is 1. The molecule has 0 spiro atoms. The van der Waals surface area contributed by atoms with Crippen LogP contribution in [0.2, 0.25) is 0 Å². The Labute approximate surface area is 304 Å². The molecule has 1 aliphatic heterocycles. The standard InChI is InChI=1S/C48H31N3S/c1-2-12-32(13-3-1)40-29-41(50-48(49-40)34-20-25-39-38-16-8-9-17-44(38)52-45(39)28-34)33-18-23-35(24-19-33)51-42-26-21-30-10-4-6-14-36(30)46(42)47-37-15-7-5-11-31(37)22-27-43(47)51/h1-29,40H,(H,49,50). The van der Waals surface area contributed by atoms with Crippen molar-refractivity contribution in [3.63, 3.8) is 0 Å². The fourth-order valence-corrected chi connectivity index (χ4v) is 9.31. The molecule has 0 saturated heterocycles. The van der Waals surface area contributed by atoms with Gasteiger partial charge in [0.15, 0.2) is 0 Å². The van der Waals surface area contributed by atoms with E-state index in [-0.39, 0.29) is 6.04 Å². The molecular weight excluding hydrogens is 651 g/mol. The SMILES string of the molecule is C1=C(c2ccc(-n3c4ccc5ccccc5c4c4c5ccccc5ccc43)cc2)N=C(c2ccc3c(c2)sc2ccccc23)NC1c1ccccc1. The Balaban J connectivity index is 1.06. The van der Waals surface area contributed by atoms with Crippen LogP contribution in [0.4, 0.5) is 0 Å². The van der Waals surface area contributed by atoms with Crippen molar-refractivity contribution in [2.75, 3.05) is 0 Å². The molecule has 1 N–H and O–H groups in total. The van der Waals surface area contributed by atoms with Gasteiger partial charge in [0.1, 0.15) is 5.84 Å². The van der Waals surface area contributed by atoms with Gasteiger partial charge in [-0.15, -0.1) is 11.3 Å². The number of thiophene rings is 1. The Morgan fingerprint density at radius 2 is 1.10 bits per heavy atom. The quantitative estimate of drug-likeness (QED) is 0.197. The maximum Gasteiger partial charge on any atom is 0.134 e. The third-order valence-corrected chi connectivity index (χ3v) is 11.8. The molecule has 4 heteroatoms. The molecule has 1 atom stereocenters.